The van der Waals surface area contributed by atoms with Crippen molar-refractivity contribution < 1.29 is 4.58 Å². The second-order valence-corrected chi connectivity index (χ2v) is 11.8. The van der Waals surface area contributed by atoms with Gasteiger partial charge in [-0.1, -0.05) is 98.8 Å². The summed E-state index contributed by atoms with van der Waals surface area (Å²) in [6.07, 6.45) is 15.2. The highest BCUT2D eigenvalue weighted by atomic mass is 15.2. The summed E-state index contributed by atoms with van der Waals surface area (Å²) in [6, 6.07) is 26.4. The van der Waals surface area contributed by atoms with E-state index in [-0.39, 0.29) is 10.8 Å². The van der Waals surface area contributed by atoms with Crippen LogP contribution in [0.4, 0.5) is 11.4 Å². The van der Waals surface area contributed by atoms with Crippen molar-refractivity contribution in [1.29, 1.82) is 0 Å². The van der Waals surface area contributed by atoms with Gasteiger partial charge in [-0.2, -0.15) is 4.58 Å². The molecule has 0 saturated carbocycles. The van der Waals surface area contributed by atoms with E-state index < -0.39 is 0 Å². The number of benzene rings is 4. The molecule has 2 nitrogen and oxygen atoms in total. The number of hydrogen-bond acceptors (Lipinski definition) is 1. The minimum absolute atomic E-state index is 0.0621. The van der Waals surface area contributed by atoms with Gasteiger partial charge in [-0.3, -0.25) is 0 Å². The van der Waals surface area contributed by atoms with Crippen LogP contribution in [0.2, 0.25) is 0 Å². The molecule has 0 bridgehead atoms. The van der Waals surface area contributed by atoms with Crippen molar-refractivity contribution in [2.75, 3.05) is 19.0 Å². The lowest BCUT2D eigenvalue weighted by molar-refractivity contribution is -0.401. The first-order valence-corrected chi connectivity index (χ1v) is 13.8. The third-order valence-corrected chi connectivity index (χ3v) is 8.74. The minimum atomic E-state index is -0.0621. The molecular weight excluding hydrogens is 472 g/mol. The van der Waals surface area contributed by atoms with Gasteiger partial charge >= 0.3 is 0 Å². The summed E-state index contributed by atoms with van der Waals surface area (Å²) in [5.74, 6) is 0. The molecule has 2 aliphatic heterocycles. The van der Waals surface area contributed by atoms with Crippen LogP contribution in [0.15, 0.2) is 121 Å². The van der Waals surface area contributed by atoms with Crippen molar-refractivity contribution in [3.63, 3.8) is 0 Å². The molecule has 0 radical (unpaired) electrons. The van der Waals surface area contributed by atoms with E-state index in [1.807, 2.05) is 0 Å². The predicted octanol–water partition coefficient (Wildman–Crippen LogP) is 8.98. The average Bonchev–Trinajstić information content (AvgIpc) is 3.25. The van der Waals surface area contributed by atoms with Crippen molar-refractivity contribution in [1.82, 2.24) is 0 Å². The Balaban J connectivity index is 1.21. The molecule has 0 aromatic heterocycles. The number of anilines is 1. The van der Waals surface area contributed by atoms with Gasteiger partial charge in [0.25, 0.3) is 0 Å². The average molecular weight is 510 g/mol. The Hall–Kier alpha value is -4.17. The van der Waals surface area contributed by atoms with Crippen LogP contribution in [0.1, 0.15) is 38.8 Å². The molecule has 0 saturated heterocycles. The Morgan fingerprint density at radius 1 is 0.641 bits per heavy atom. The van der Waals surface area contributed by atoms with Crippen LogP contribution in [-0.4, -0.2) is 24.4 Å². The van der Waals surface area contributed by atoms with Crippen molar-refractivity contribution >= 4 is 38.6 Å². The summed E-state index contributed by atoms with van der Waals surface area (Å²) < 4.78 is 2.34. The van der Waals surface area contributed by atoms with Crippen LogP contribution in [0.5, 0.6) is 0 Å². The normalized spacial score (nSPS) is 19.0. The Labute approximate surface area is 232 Å². The smallest absolute Gasteiger partial charge is 0.210 e. The van der Waals surface area contributed by atoms with Crippen LogP contribution in [0, 0.1) is 0 Å². The summed E-state index contributed by atoms with van der Waals surface area (Å²) in [6.45, 7) is 9.33. The summed E-state index contributed by atoms with van der Waals surface area (Å²) in [4.78, 5) is 2.34. The second kappa shape index (κ2) is 9.24. The van der Waals surface area contributed by atoms with Crippen LogP contribution in [-0.2, 0) is 10.8 Å². The third-order valence-electron chi connectivity index (χ3n) is 8.74. The van der Waals surface area contributed by atoms with E-state index >= 15 is 0 Å². The highest BCUT2D eigenvalue weighted by Gasteiger charge is 2.44. The first-order chi connectivity index (χ1) is 18.7. The van der Waals surface area contributed by atoms with E-state index in [2.05, 4.69) is 167 Å². The molecule has 0 amide bonds. The molecule has 39 heavy (non-hydrogen) atoms. The molecule has 2 heteroatoms. The molecule has 0 unspecified atom stereocenters. The molecule has 4 aromatic rings. The molecule has 194 valence electrons. The van der Waals surface area contributed by atoms with Crippen molar-refractivity contribution in [3.05, 3.63) is 132 Å². The standard InChI is InChI=1S/C37H37N2/c1-36(2)32(38(5)30-24-22-26-16-12-14-18-28(26)34(30)36)20-10-8-7-9-11-21-33-37(3,4)35-29-19-15-13-17-27(29)23-25-31(35)39(33)6/h7-25H,1-6H3/q+1. The number of hydrogen-bond donors (Lipinski definition) is 0. The second-order valence-electron chi connectivity index (χ2n) is 11.8. The van der Waals surface area contributed by atoms with Gasteiger partial charge in [-0.05, 0) is 59.2 Å². The molecule has 6 rings (SSSR count). The van der Waals surface area contributed by atoms with Gasteiger partial charge in [0.15, 0.2) is 5.71 Å². The molecule has 0 N–H and O–H groups in total. The monoisotopic (exact) mass is 509 g/mol. The maximum absolute atomic E-state index is 2.34. The maximum atomic E-state index is 2.34. The largest absolute Gasteiger partial charge is 0.347 e. The van der Waals surface area contributed by atoms with E-state index in [0.717, 1.165) is 0 Å². The van der Waals surface area contributed by atoms with E-state index in [9.17, 15) is 0 Å². The lowest BCUT2D eigenvalue weighted by Crippen LogP contribution is -2.26. The molecule has 2 aliphatic rings. The number of allylic oxidation sites excluding steroid dienone is 8. The maximum Gasteiger partial charge on any atom is 0.210 e. The van der Waals surface area contributed by atoms with Gasteiger partial charge < -0.3 is 4.90 Å². The third kappa shape index (κ3) is 3.89. The fourth-order valence-electron chi connectivity index (χ4n) is 6.87. The summed E-state index contributed by atoms with van der Waals surface area (Å²) in [5.41, 5.74) is 7.91. The quantitative estimate of drug-likeness (QED) is 0.196. The summed E-state index contributed by atoms with van der Waals surface area (Å²) >= 11 is 0. The van der Waals surface area contributed by atoms with Gasteiger partial charge in [0.05, 0.1) is 5.41 Å². The molecule has 4 aromatic carbocycles. The minimum Gasteiger partial charge on any atom is -0.347 e. The molecule has 0 atom stereocenters. The van der Waals surface area contributed by atoms with Gasteiger partial charge in [0, 0.05) is 41.6 Å². The summed E-state index contributed by atoms with van der Waals surface area (Å²) in [5, 5.41) is 5.29. The van der Waals surface area contributed by atoms with Gasteiger partial charge in [0.1, 0.15) is 7.05 Å². The molecule has 0 spiro atoms. The number of nitrogens with zero attached hydrogens (tertiary/aromatic N) is 2. The molecule has 0 fully saturated rings. The van der Waals surface area contributed by atoms with Crippen LogP contribution in [0.3, 0.4) is 0 Å². The van der Waals surface area contributed by atoms with Crippen LogP contribution >= 0.6 is 0 Å². The highest BCUT2D eigenvalue weighted by Crippen LogP contribution is 2.50. The van der Waals surface area contributed by atoms with Crippen LogP contribution < -0.4 is 4.90 Å². The molecular formula is C37H37N2+. The Morgan fingerprint density at radius 3 is 1.95 bits per heavy atom. The van der Waals surface area contributed by atoms with E-state index in [1.165, 1.54) is 55.5 Å². The molecule has 2 heterocycles. The van der Waals surface area contributed by atoms with Gasteiger partial charge in [-0.25, -0.2) is 0 Å². The topological polar surface area (TPSA) is 6.25 Å². The number of fused-ring (bicyclic) bond motifs is 6. The Morgan fingerprint density at radius 2 is 1.23 bits per heavy atom. The Bertz CT molecular complexity index is 1770. The number of likely N-dealkylation sites (N-methyl/N-ethyl adjacent to an activating group) is 1. The fraction of sp³-hybridized carbons (Fsp3) is 0.216. The highest BCUT2D eigenvalue weighted by molar-refractivity contribution is 6.07. The zero-order chi connectivity index (χ0) is 27.4. The van der Waals surface area contributed by atoms with Gasteiger partial charge in [0.2, 0.25) is 5.69 Å². The van der Waals surface area contributed by atoms with E-state index in [1.54, 1.807) is 0 Å². The SMILES string of the molecule is CN1C(=CC=CC=CC=CC2=[N+](C)c3ccc4ccccc4c3C2(C)C)C(C)(C)c2c1ccc1ccccc21. The number of rotatable bonds is 4. The fourth-order valence-corrected chi connectivity index (χ4v) is 6.87. The van der Waals surface area contributed by atoms with E-state index in [0.29, 0.717) is 0 Å². The van der Waals surface area contributed by atoms with E-state index in [4.69, 9.17) is 0 Å². The molecule has 0 aliphatic carbocycles. The first kappa shape index (κ1) is 25.1. The lowest BCUT2D eigenvalue weighted by Gasteiger charge is -2.24. The van der Waals surface area contributed by atoms with Crippen LogP contribution in [0.25, 0.3) is 21.5 Å². The van der Waals surface area contributed by atoms with Crippen molar-refractivity contribution in [2.45, 2.75) is 38.5 Å². The van der Waals surface area contributed by atoms with Crippen molar-refractivity contribution in [2.24, 2.45) is 0 Å². The lowest BCUT2D eigenvalue weighted by atomic mass is 9.79. The van der Waals surface area contributed by atoms with Crippen molar-refractivity contribution in [3.8, 4) is 0 Å². The zero-order valence-electron chi connectivity index (χ0n) is 23.9. The van der Waals surface area contributed by atoms with Gasteiger partial charge in [-0.15, -0.1) is 0 Å². The first-order valence-electron chi connectivity index (χ1n) is 13.8. The predicted molar refractivity (Wildman–Crippen MR) is 169 cm³/mol. The Kier molecular flexibility index (Phi) is 5.95. The summed E-state index contributed by atoms with van der Waals surface area (Å²) in [7, 11) is 4.36. The zero-order valence-corrected chi connectivity index (χ0v) is 23.9.